The average Bonchev–Trinajstić information content (AvgIpc) is 2.37. The number of aromatic nitrogens is 1. The Balaban J connectivity index is 2.78. The van der Waals surface area contributed by atoms with Crippen molar-refractivity contribution in [1.82, 2.24) is 10.3 Å². The van der Waals surface area contributed by atoms with Crippen LogP contribution in [0.2, 0.25) is 0 Å². The van der Waals surface area contributed by atoms with Gasteiger partial charge in [-0.15, -0.1) is 0 Å². The van der Waals surface area contributed by atoms with Crippen LogP contribution in [-0.2, 0) is 4.74 Å². The highest BCUT2D eigenvalue weighted by molar-refractivity contribution is 5.96. The first-order valence-electron chi connectivity index (χ1n) is 5.48. The van der Waals surface area contributed by atoms with Gasteiger partial charge >= 0.3 is 5.97 Å². The summed E-state index contributed by atoms with van der Waals surface area (Å²) in [4.78, 5) is 26.2. The number of carbonyl (C=O) groups excluding carboxylic acids is 1. The van der Waals surface area contributed by atoms with E-state index in [-0.39, 0.29) is 29.3 Å². The predicted molar refractivity (Wildman–Crippen MR) is 64.6 cm³/mol. The molecule has 98 valence electrons. The molecule has 0 radical (unpaired) electrons. The number of carboxylic acid groups (broad SMARTS) is 1. The number of aromatic carboxylic acids is 1. The van der Waals surface area contributed by atoms with Crippen molar-refractivity contribution >= 4 is 11.9 Å². The second kappa shape index (κ2) is 6.11. The lowest BCUT2D eigenvalue weighted by Gasteiger charge is -2.19. The fraction of sp³-hybridized carbons (Fsp3) is 0.417. The third-order valence-electron chi connectivity index (χ3n) is 2.68. The van der Waals surface area contributed by atoms with Gasteiger partial charge < -0.3 is 15.2 Å². The van der Waals surface area contributed by atoms with Gasteiger partial charge in [0.25, 0.3) is 5.91 Å². The Morgan fingerprint density at radius 2 is 2.11 bits per heavy atom. The van der Waals surface area contributed by atoms with Crippen molar-refractivity contribution in [2.45, 2.75) is 26.0 Å². The van der Waals surface area contributed by atoms with E-state index in [9.17, 15) is 9.59 Å². The molecule has 1 heterocycles. The number of nitrogens with zero attached hydrogens (tertiary/aromatic N) is 1. The molecule has 1 aromatic rings. The number of amides is 1. The van der Waals surface area contributed by atoms with Gasteiger partial charge in [-0.2, -0.15) is 0 Å². The summed E-state index contributed by atoms with van der Waals surface area (Å²) in [6, 6.07) is 2.53. The molecule has 6 heteroatoms. The summed E-state index contributed by atoms with van der Waals surface area (Å²) in [6.45, 7) is 3.64. The molecule has 0 aromatic carbocycles. The number of methoxy groups -OCH3 is 1. The van der Waals surface area contributed by atoms with E-state index < -0.39 is 5.97 Å². The zero-order chi connectivity index (χ0) is 13.7. The number of ether oxygens (including phenoxy) is 1. The van der Waals surface area contributed by atoms with Crippen LogP contribution in [0.15, 0.2) is 18.3 Å². The summed E-state index contributed by atoms with van der Waals surface area (Å²) < 4.78 is 5.09. The maximum atomic E-state index is 11.9. The molecule has 0 bridgehead atoms. The molecule has 2 atom stereocenters. The standard InChI is InChI=1S/C12H16N2O4/c1-7(8(2)18-3)14-11(15)9-4-5-13-10(6-9)12(16)17/h4-8H,1-3H3,(H,14,15)(H,16,17)/t7-,8?/m0/s1. The van der Waals surface area contributed by atoms with Crippen molar-refractivity contribution in [3.05, 3.63) is 29.6 Å². The number of carboxylic acids is 1. The fourth-order valence-electron chi connectivity index (χ4n) is 1.30. The zero-order valence-corrected chi connectivity index (χ0v) is 10.5. The van der Waals surface area contributed by atoms with E-state index in [1.165, 1.54) is 18.3 Å². The van der Waals surface area contributed by atoms with Crippen molar-refractivity contribution in [1.29, 1.82) is 0 Å². The Hall–Kier alpha value is -1.95. The fourth-order valence-corrected chi connectivity index (χ4v) is 1.30. The molecule has 1 aromatic heterocycles. The van der Waals surface area contributed by atoms with Crippen LogP contribution in [0.3, 0.4) is 0 Å². The summed E-state index contributed by atoms with van der Waals surface area (Å²) in [6.07, 6.45) is 1.16. The molecule has 0 aliphatic carbocycles. The minimum absolute atomic E-state index is 0.130. The lowest BCUT2D eigenvalue weighted by atomic mass is 10.1. The minimum atomic E-state index is -1.16. The Labute approximate surface area is 105 Å². The third kappa shape index (κ3) is 3.53. The normalized spacial score (nSPS) is 13.7. The summed E-state index contributed by atoms with van der Waals surface area (Å²) >= 11 is 0. The number of nitrogens with one attached hydrogen (secondary N) is 1. The van der Waals surface area contributed by atoms with Crippen LogP contribution >= 0.6 is 0 Å². The Bertz CT molecular complexity index is 447. The monoisotopic (exact) mass is 252 g/mol. The van der Waals surface area contributed by atoms with Crippen LogP contribution in [0.25, 0.3) is 0 Å². The number of hydrogen-bond acceptors (Lipinski definition) is 4. The number of hydrogen-bond donors (Lipinski definition) is 2. The molecule has 2 N–H and O–H groups in total. The van der Waals surface area contributed by atoms with Gasteiger partial charge in [0.2, 0.25) is 0 Å². The second-order valence-corrected chi connectivity index (χ2v) is 3.94. The van der Waals surface area contributed by atoms with E-state index in [0.717, 1.165) is 0 Å². The maximum Gasteiger partial charge on any atom is 0.354 e. The van der Waals surface area contributed by atoms with Crippen LogP contribution in [0.1, 0.15) is 34.7 Å². The Morgan fingerprint density at radius 1 is 1.44 bits per heavy atom. The van der Waals surface area contributed by atoms with E-state index in [0.29, 0.717) is 0 Å². The number of rotatable bonds is 5. The molecular weight excluding hydrogens is 236 g/mol. The highest BCUT2D eigenvalue weighted by Crippen LogP contribution is 2.04. The number of carbonyl (C=O) groups is 2. The van der Waals surface area contributed by atoms with Crippen LogP contribution in [0, 0.1) is 0 Å². The van der Waals surface area contributed by atoms with Gasteiger partial charge in [-0.3, -0.25) is 4.79 Å². The molecule has 0 spiro atoms. The van der Waals surface area contributed by atoms with Crippen molar-refractivity contribution in [3.8, 4) is 0 Å². The quantitative estimate of drug-likeness (QED) is 0.814. The summed E-state index contributed by atoms with van der Waals surface area (Å²) in [5, 5.41) is 11.5. The number of pyridine rings is 1. The van der Waals surface area contributed by atoms with Crippen LogP contribution < -0.4 is 5.32 Å². The van der Waals surface area contributed by atoms with Crippen LogP contribution in [0.4, 0.5) is 0 Å². The Morgan fingerprint density at radius 3 is 2.67 bits per heavy atom. The van der Waals surface area contributed by atoms with Gasteiger partial charge in [0.05, 0.1) is 12.1 Å². The molecule has 6 nitrogen and oxygen atoms in total. The van der Waals surface area contributed by atoms with Gasteiger partial charge in [0, 0.05) is 18.9 Å². The lowest BCUT2D eigenvalue weighted by Crippen LogP contribution is -2.40. The van der Waals surface area contributed by atoms with Gasteiger partial charge in [0.15, 0.2) is 0 Å². The highest BCUT2D eigenvalue weighted by atomic mass is 16.5. The third-order valence-corrected chi connectivity index (χ3v) is 2.68. The summed E-state index contributed by atoms with van der Waals surface area (Å²) in [7, 11) is 1.56. The van der Waals surface area contributed by atoms with Crippen molar-refractivity contribution in [2.75, 3.05) is 7.11 Å². The first-order chi connectivity index (χ1) is 8.45. The first-order valence-corrected chi connectivity index (χ1v) is 5.48. The van der Waals surface area contributed by atoms with Crippen LogP contribution in [0.5, 0.6) is 0 Å². The SMILES string of the molecule is COC(C)[C@H](C)NC(=O)c1ccnc(C(=O)O)c1. The molecule has 1 unspecified atom stereocenters. The second-order valence-electron chi connectivity index (χ2n) is 3.94. The van der Waals surface area contributed by atoms with E-state index in [1.807, 2.05) is 13.8 Å². The average molecular weight is 252 g/mol. The smallest absolute Gasteiger partial charge is 0.354 e. The van der Waals surface area contributed by atoms with Gasteiger partial charge in [0.1, 0.15) is 5.69 Å². The topological polar surface area (TPSA) is 88.5 Å². The molecule has 0 saturated carbocycles. The molecule has 1 amide bonds. The summed E-state index contributed by atoms with van der Waals surface area (Å²) in [5.74, 6) is -1.51. The van der Waals surface area contributed by atoms with Gasteiger partial charge in [-0.1, -0.05) is 0 Å². The van der Waals surface area contributed by atoms with E-state index in [1.54, 1.807) is 7.11 Å². The molecular formula is C12H16N2O4. The molecule has 18 heavy (non-hydrogen) atoms. The minimum Gasteiger partial charge on any atom is -0.477 e. The predicted octanol–water partition coefficient (Wildman–Crippen LogP) is 0.933. The van der Waals surface area contributed by atoms with Gasteiger partial charge in [-0.05, 0) is 26.0 Å². The molecule has 0 aliphatic heterocycles. The Kier molecular flexibility index (Phi) is 4.79. The van der Waals surface area contributed by atoms with E-state index in [2.05, 4.69) is 10.3 Å². The largest absolute Gasteiger partial charge is 0.477 e. The highest BCUT2D eigenvalue weighted by Gasteiger charge is 2.16. The van der Waals surface area contributed by atoms with Crippen molar-refractivity contribution in [3.63, 3.8) is 0 Å². The van der Waals surface area contributed by atoms with Gasteiger partial charge in [-0.25, -0.2) is 9.78 Å². The molecule has 0 fully saturated rings. The van der Waals surface area contributed by atoms with Crippen LogP contribution in [-0.4, -0.2) is 41.2 Å². The zero-order valence-electron chi connectivity index (χ0n) is 10.5. The first kappa shape index (κ1) is 14.1. The summed E-state index contributed by atoms with van der Waals surface area (Å²) in [5.41, 5.74) is 0.104. The molecule has 1 rings (SSSR count). The molecule has 0 saturated heterocycles. The van der Waals surface area contributed by atoms with Crippen molar-refractivity contribution < 1.29 is 19.4 Å². The lowest BCUT2D eigenvalue weighted by molar-refractivity contribution is 0.0690. The van der Waals surface area contributed by atoms with E-state index >= 15 is 0 Å². The van der Waals surface area contributed by atoms with Crippen molar-refractivity contribution in [2.24, 2.45) is 0 Å². The molecule has 0 aliphatic rings. The van der Waals surface area contributed by atoms with E-state index in [4.69, 9.17) is 9.84 Å². The maximum absolute atomic E-state index is 11.9.